The topological polar surface area (TPSA) is 272 Å². The summed E-state index contributed by atoms with van der Waals surface area (Å²) in [6, 6.07) is 5.08. The second-order valence-electron chi connectivity index (χ2n) is 27.2. The van der Waals surface area contributed by atoms with Gasteiger partial charge in [-0.05, 0) is 115 Å². The van der Waals surface area contributed by atoms with Crippen molar-refractivity contribution < 1.29 is 62.6 Å². The number of methoxy groups -OCH3 is 1. The second-order valence-corrected chi connectivity index (χ2v) is 27.2. The number of allylic oxidation sites excluding steroid dienone is 2. The molecule has 494 valence electrons. The first-order valence-corrected chi connectivity index (χ1v) is 32.4. The predicted molar refractivity (Wildman–Crippen MR) is 351 cm³/mol. The minimum absolute atomic E-state index is 0.00539. The second kappa shape index (κ2) is 24.3. The molecule has 3 aromatic carbocycles. The number of ketones is 1. The van der Waals surface area contributed by atoms with Gasteiger partial charge in [0.2, 0.25) is 10.9 Å². The molecule has 2 saturated carbocycles. The molecular formula is C71H83FN6O15. The monoisotopic (exact) mass is 1280 g/mol. The number of pyridine rings is 2. The highest BCUT2D eigenvalue weighted by Crippen LogP contribution is 2.53. The quantitative estimate of drug-likeness (QED) is 0.0392. The zero-order valence-electron chi connectivity index (χ0n) is 54.7. The molecule has 6 aromatic rings. The Kier molecular flexibility index (Phi) is 17.0. The molecule has 3 aromatic heterocycles. The molecule has 93 heavy (non-hydrogen) atoms. The average molecular weight is 1280 g/mol. The van der Waals surface area contributed by atoms with E-state index >= 15 is 9.18 Å². The summed E-state index contributed by atoms with van der Waals surface area (Å²) in [5.74, 6) is -7.57. The average Bonchev–Trinajstić information content (AvgIpc) is 1.67. The third-order valence-electron chi connectivity index (χ3n) is 21.4. The Morgan fingerprint density at radius 3 is 2.22 bits per heavy atom. The van der Waals surface area contributed by atoms with Gasteiger partial charge in [0.15, 0.2) is 34.0 Å². The molecule has 6 aliphatic rings. The molecule has 10 atom stereocenters. The fourth-order valence-corrected chi connectivity index (χ4v) is 15.5. The van der Waals surface area contributed by atoms with Crippen molar-refractivity contribution in [3.8, 4) is 11.5 Å². The number of aliphatic hydroxyl groups is 3. The van der Waals surface area contributed by atoms with Gasteiger partial charge >= 0.3 is 11.8 Å². The van der Waals surface area contributed by atoms with Crippen LogP contribution < -0.4 is 41.5 Å². The van der Waals surface area contributed by atoms with Crippen LogP contribution in [0.2, 0.25) is 0 Å². The Labute approximate surface area is 536 Å². The number of anilines is 3. The van der Waals surface area contributed by atoms with E-state index in [-0.39, 0.29) is 89.8 Å². The Bertz CT molecular complexity index is 4450. The smallest absolute Gasteiger partial charge is 0.307 e. The van der Waals surface area contributed by atoms with Crippen LogP contribution in [0.4, 0.5) is 21.5 Å². The first-order chi connectivity index (χ1) is 44.1. The number of aromatic hydroxyl groups is 1. The van der Waals surface area contributed by atoms with Gasteiger partial charge in [0.1, 0.15) is 28.8 Å². The third kappa shape index (κ3) is 11.1. The SMILES string of the molecule is CO[C@H]1/C=C/O[C@@]2(C)Oc3c(C)c(O)c4c(=O)c(c5oc6cc(N7CCC(N(C)C8([C@@H]9CCN(c%10c(F)cn%11c(=O)c(C(C)=O)cc(C%12CC%12)c%11c%10C)C9)CC8)CC7)cc(=O)c6nc5c4c3=C2O)NC(=O)/C(C)=C\C=C\[C@H](C)[C@H](O)[C@@H](C)[C@@H](O)[C@@H](C)[C@H](OC(C)=O)[C@@H]1C. The molecule has 21 nitrogen and oxygen atoms in total. The summed E-state index contributed by atoms with van der Waals surface area (Å²) in [6.45, 7) is 18.3. The minimum atomic E-state index is -2.03. The van der Waals surface area contributed by atoms with Crippen molar-refractivity contribution in [2.24, 2.45) is 29.6 Å². The number of phenols is 1. The molecular weight excluding hydrogens is 1200 g/mol. The van der Waals surface area contributed by atoms with Gasteiger partial charge in [-0.1, -0.05) is 45.9 Å². The van der Waals surface area contributed by atoms with Gasteiger partial charge in [-0.15, -0.1) is 0 Å². The van der Waals surface area contributed by atoms with Crippen LogP contribution in [0.3, 0.4) is 0 Å². The first-order valence-electron chi connectivity index (χ1n) is 32.4. The highest BCUT2D eigenvalue weighted by atomic mass is 19.1. The molecule has 5 N–H and O–H groups in total. The molecule has 4 fully saturated rings. The van der Waals surface area contributed by atoms with Crippen LogP contribution in [0, 0.1) is 49.3 Å². The summed E-state index contributed by atoms with van der Waals surface area (Å²) < 4.78 is 48.7. The number of halogens is 1. The van der Waals surface area contributed by atoms with E-state index in [4.69, 9.17) is 28.3 Å². The number of piperidine rings is 1. The largest absolute Gasteiger partial charge is 0.507 e. The molecule has 1 amide bonds. The molecule has 4 aliphatic heterocycles. The van der Waals surface area contributed by atoms with E-state index in [9.17, 15) is 44.4 Å². The van der Waals surface area contributed by atoms with Crippen molar-refractivity contribution >= 4 is 79.0 Å². The van der Waals surface area contributed by atoms with Crippen molar-refractivity contribution in [2.45, 2.75) is 162 Å². The lowest BCUT2D eigenvalue weighted by atomic mass is 9.78. The minimum Gasteiger partial charge on any atom is -0.507 e. The lowest BCUT2D eigenvalue weighted by molar-refractivity contribution is -0.160. The maximum atomic E-state index is 16.4. The van der Waals surface area contributed by atoms with E-state index < -0.39 is 105 Å². The van der Waals surface area contributed by atoms with Crippen LogP contribution in [-0.2, 0) is 23.8 Å². The standard InChI is InChI=1S/C71H83FN6O15/c1-33-14-13-15-34(2)68(87)74-57-63(85)53-52(54-65(39(7)62(53)84)93-70(10,67(54)86)90-27-21-50(89-12)35(3)64(91-41(9)80)38(6)61(83)37(5)60(33)82)56-66(57)92-51-29-45(28-49(81)55(51)73-56)76-25-19-44(20-26-76)75(11)71(22-23-71)43-18-24-77(31-43)59-36(4)58-47(42-16-17-42)30-46(40(8)79)69(88)78(58)32-48(59)72/h13-15,21,27-30,32-33,35,37-38,42-44,50,60-61,64,82-84,86H,16-20,22-26,31H2,1-12H3,(H,74,87)/b14-13+,27-21+,34-15-/t33-,35+,37+,38+,43+,50-,60-,61+,64+,70-/m0/s1. The van der Waals surface area contributed by atoms with Crippen LogP contribution >= 0.6 is 0 Å². The van der Waals surface area contributed by atoms with Crippen molar-refractivity contribution in [1.29, 1.82) is 0 Å². The van der Waals surface area contributed by atoms with Crippen molar-refractivity contribution in [1.82, 2.24) is 14.3 Å². The molecule has 12 rings (SSSR count). The zero-order chi connectivity index (χ0) is 66.8. The third-order valence-corrected chi connectivity index (χ3v) is 21.4. The van der Waals surface area contributed by atoms with Gasteiger partial charge < -0.3 is 58.9 Å². The van der Waals surface area contributed by atoms with Gasteiger partial charge in [0.25, 0.3) is 11.5 Å². The van der Waals surface area contributed by atoms with Crippen LogP contribution in [-0.4, -0.2) is 134 Å². The molecule has 2 saturated heterocycles. The van der Waals surface area contributed by atoms with Crippen LogP contribution in [0.1, 0.15) is 133 Å². The van der Waals surface area contributed by atoms with Gasteiger partial charge in [-0.2, -0.15) is 0 Å². The number of benzene rings is 3. The molecule has 22 heteroatoms. The first kappa shape index (κ1) is 64.9. The number of fused-ring (bicyclic) bond motifs is 3. The van der Waals surface area contributed by atoms with Crippen molar-refractivity contribution in [2.75, 3.05) is 55.5 Å². The number of ether oxygens (including phenoxy) is 4. The van der Waals surface area contributed by atoms with Gasteiger partial charge in [0.05, 0.1) is 58.1 Å². The Morgan fingerprint density at radius 2 is 1.56 bits per heavy atom. The summed E-state index contributed by atoms with van der Waals surface area (Å²) in [5.41, 5.74) is 0.596. The number of carbonyl (C=O) groups is 3. The van der Waals surface area contributed by atoms with E-state index in [1.165, 1.54) is 76.8 Å². The highest BCUT2D eigenvalue weighted by molar-refractivity contribution is 6.17. The van der Waals surface area contributed by atoms with E-state index in [0.717, 1.165) is 50.5 Å². The van der Waals surface area contributed by atoms with E-state index in [1.807, 2.05) is 6.92 Å². The van der Waals surface area contributed by atoms with Gasteiger partial charge in [-0.25, -0.2) is 9.37 Å². The summed E-state index contributed by atoms with van der Waals surface area (Å²) in [6.07, 6.45) is 11.0. The zero-order valence-corrected chi connectivity index (χ0v) is 54.7. The van der Waals surface area contributed by atoms with Gasteiger partial charge in [-0.3, -0.25) is 38.1 Å². The molecule has 4 bridgehead atoms. The number of aryl methyl sites for hydroxylation is 1. The van der Waals surface area contributed by atoms with Gasteiger partial charge in [0, 0.05) is 117 Å². The lowest BCUT2D eigenvalue weighted by Crippen LogP contribution is -2.51. The number of nitrogens with one attached hydrogen (secondary N) is 1. The fourth-order valence-electron chi connectivity index (χ4n) is 15.5. The predicted octanol–water partition coefficient (Wildman–Crippen LogP) is 8.66. The molecule has 0 spiro atoms. The summed E-state index contributed by atoms with van der Waals surface area (Å²) >= 11 is 0. The summed E-state index contributed by atoms with van der Waals surface area (Å²) in [7, 11) is 3.63. The Morgan fingerprint density at radius 1 is 0.860 bits per heavy atom. The number of carbonyl (C=O) groups excluding carboxylic acids is 3. The summed E-state index contributed by atoms with van der Waals surface area (Å²) in [4.78, 5) is 94.4. The Hall–Kier alpha value is -8.18. The van der Waals surface area contributed by atoms with E-state index in [1.54, 1.807) is 52.0 Å². The normalized spacial score (nSPS) is 28.4. The molecule has 7 heterocycles. The highest BCUT2D eigenvalue weighted by Gasteiger charge is 2.56. The fraction of sp³-hybridized carbons (Fsp3) is 0.507. The number of Topliss-reactive ketones (excluding diaryl/α,β-unsaturated/α-hetero) is 1. The van der Waals surface area contributed by atoms with E-state index in [0.29, 0.717) is 48.6 Å². The number of hydrogen-bond acceptors (Lipinski definition) is 19. The van der Waals surface area contributed by atoms with E-state index in [2.05, 4.69) is 27.1 Å². The maximum Gasteiger partial charge on any atom is 0.307 e. The maximum absolute atomic E-state index is 16.4. The van der Waals surface area contributed by atoms with Crippen molar-refractivity contribution in [3.63, 3.8) is 0 Å². The lowest BCUT2D eigenvalue weighted by Gasteiger charge is -2.43. The number of esters is 1. The number of aromatic nitrogens is 2. The Balaban J connectivity index is 0.871. The number of hydrogen-bond donors (Lipinski definition) is 5. The molecule has 0 radical (unpaired) electrons. The number of nitrogens with zero attached hydrogens (tertiary/aromatic N) is 5. The number of rotatable bonds is 9. The van der Waals surface area contributed by atoms with Crippen molar-refractivity contribution in [3.05, 3.63) is 125 Å². The number of amides is 1. The number of phenolic OH excluding ortho intramolecular Hbond substituents is 1. The van der Waals surface area contributed by atoms with Crippen LogP contribution in [0.5, 0.6) is 11.5 Å². The summed E-state index contributed by atoms with van der Waals surface area (Å²) in [5, 5.41) is 49.9. The number of aliphatic hydroxyl groups excluding tert-OH is 3. The molecule has 0 unspecified atom stereocenters. The van der Waals surface area contributed by atoms with Crippen LogP contribution in [0.15, 0.2) is 79.3 Å². The molecule has 2 aliphatic carbocycles. The van der Waals surface area contributed by atoms with Crippen LogP contribution in [0.25, 0.3) is 44.2 Å².